The van der Waals surface area contributed by atoms with Gasteiger partial charge in [0.25, 0.3) is 5.91 Å². The van der Waals surface area contributed by atoms with Crippen molar-refractivity contribution < 1.29 is 14.3 Å². The molecule has 1 N–H and O–H groups in total. The van der Waals surface area contributed by atoms with Crippen LogP contribution in [0.5, 0.6) is 5.75 Å². The molecule has 1 atom stereocenters. The third-order valence-electron chi connectivity index (χ3n) is 3.82. The van der Waals surface area contributed by atoms with Crippen LogP contribution < -0.4 is 10.1 Å². The Morgan fingerprint density at radius 3 is 2.73 bits per heavy atom. The molecule has 0 fully saturated rings. The molecular weight excluding hydrogens is 280 g/mol. The van der Waals surface area contributed by atoms with Crippen molar-refractivity contribution >= 4 is 22.5 Å². The molecular formula is C17H22N2O3. The van der Waals surface area contributed by atoms with Gasteiger partial charge in [-0.1, -0.05) is 6.92 Å². The van der Waals surface area contributed by atoms with Gasteiger partial charge in [0.1, 0.15) is 16.9 Å². The lowest BCUT2D eigenvalue weighted by molar-refractivity contribution is -0.139. The highest BCUT2D eigenvalue weighted by Crippen LogP contribution is 2.30. The van der Waals surface area contributed by atoms with E-state index in [1.807, 2.05) is 32.0 Å². The fraction of sp³-hybridized carbons (Fsp3) is 0.412. The van der Waals surface area contributed by atoms with Crippen LogP contribution in [0.1, 0.15) is 27.2 Å². The van der Waals surface area contributed by atoms with Crippen LogP contribution in [0.15, 0.2) is 30.5 Å². The van der Waals surface area contributed by atoms with Crippen molar-refractivity contribution in [1.82, 2.24) is 4.98 Å². The van der Waals surface area contributed by atoms with Crippen molar-refractivity contribution in [3.8, 4) is 5.75 Å². The molecule has 0 bridgehead atoms. The van der Waals surface area contributed by atoms with Crippen LogP contribution in [-0.2, 0) is 9.53 Å². The van der Waals surface area contributed by atoms with E-state index in [2.05, 4.69) is 10.3 Å². The monoisotopic (exact) mass is 302 g/mol. The van der Waals surface area contributed by atoms with Gasteiger partial charge in [-0.2, -0.15) is 0 Å². The number of ether oxygens (including phenoxy) is 2. The summed E-state index contributed by atoms with van der Waals surface area (Å²) in [5.74, 6) is 0.517. The number of carbonyl (C=O) groups excluding carboxylic acids is 1. The molecule has 0 aliphatic carbocycles. The summed E-state index contributed by atoms with van der Waals surface area (Å²) >= 11 is 0. The maximum Gasteiger partial charge on any atom is 0.256 e. The van der Waals surface area contributed by atoms with E-state index in [9.17, 15) is 4.79 Å². The smallest absolute Gasteiger partial charge is 0.256 e. The minimum atomic E-state index is -0.844. The summed E-state index contributed by atoms with van der Waals surface area (Å²) in [6.45, 7) is 6.11. The van der Waals surface area contributed by atoms with Crippen LogP contribution in [0.3, 0.4) is 0 Å². The van der Waals surface area contributed by atoms with Gasteiger partial charge in [0, 0.05) is 18.2 Å². The van der Waals surface area contributed by atoms with Gasteiger partial charge in [-0.25, -0.2) is 0 Å². The first-order valence-corrected chi connectivity index (χ1v) is 7.42. The highest BCUT2D eigenvalue weighted by Gasteiger charge is 2.32. The molecule has 22 heavy (non-hydrogen) atoms. The Kier molecular flexibility index (Phi) is 4.98. The minimum Gasteiger partial charge on any atom is -0.494 e. The number of hydrogen-bond donors (Lipinski definition) is 1. The predicted octanol–water partition coefficient (Wildman–Crippen LogP) is 3.39. The lowest BCUT2D eigenvalue weighted by Gasteiger charge is -2.27. The molecule has 1 aromatic heterocycles. The average Bonchev–Trinajstić information content (AvgIpc) is 2.55. The molecule has 5 nitrogen and oxygen atoms in total. The molecule has 0 radical (unpaired) electrons. The van der Waals surface area contributed by atoms with Gasteiger partial charge < -0.3 is 14.8 Å². The number of methoxy groups -OCH3 is 1. The molecule has 0 saturated carbocycles. The number of hydrogen-bond acceptors (Lipinski definition) is 4. The molecule has 1 heterocycles. The van der Waals surface area contributed by atoms with E-state index >= 15 is 0 Å². The van der Waals surface area contributed by atoms with E-state index in [1.165, 1.54) is 0 Å². The molecule has 0 unspecified atom stereocenters. The second-order valence-corrected chi connectivity index (χ2v) is 5.19. The number of carbonyl (C=O) groups is 1. The van der Waals surface area contributed by atoms with Crippen molar-refractivity contribution in [2.24, 2.45) is 0 Å². The van der Waals surface area contributed by atoms with Crippen LogP contribution in [-0.4, -0.2) is 30.2 Å². The summed E-state index contributed by atoms with van der Waals surface area (Å²) in [6.07, 6.45) is 2.30. The van der Waals surface area contributed by atoms with Crippen molar-refractivity contribution in [3.63, 3.8) is 0 Å². The standard InChI is InChI=1S/C17H22N2O3/c1-5-17(3,22-6-2)16(20)19-13-9-10-14(21-4)15-12(13)8-7-11-18-15/h7-11H,5-6H2,1-4H3,(H,19,20)/t17-/m1/s1. The zero-order chi connectivity index (χ0) is 16.2. The third kappa shape index (κ3) is 3.04. The van der Waals surface area contributed by atoms with Crippen LogP contribution in [0, 0.1) is 0 Å². The number of benzene rings is 1. The van der Waals surface area contributed by atoms with Crippen molar-refractivity contribution in [2.45, 2.75) is 32.8 Å². The van der Waals surface area contributed by atoms with E-state index in [0.29, 0.717) is 24.5 Å². The number of anilines is 1. The zero-order valence-corrected chi connectivity index (χ0v) is 13.5. The summed E-state index contributed by atoms with van der Waals surface area (Å²) < 4.78 is 10.9. The largest absolute Gasteiger partial charge is 0.494 e. The van der Waals surface area contributed by atoms with E-state index in [4.69, 9.17) is 9.47 Å². The summed E-state index contributed by atoms with van der Waals surface area (Å²) in [5.41, 5.74) is 0.578. The van der Waals surface area contributed by atoms with E-state index in [1.54, 1.807) is 26.3 Å². The first kappa shape index (κ1) is 16.2. The van der Waals surface area contributed by atoms with Gasteiger partial charge in [-0.3, -0.25) is 9.78 Å². The number of nitrogens with one attached hydrogen (secondary N) is 1. The van der Waals surface area contributed by atoms with E-state index in [0.717, 1.165) is 10.9 Å². The summed E-state index contributed by atoms with van der Waals surface area (Å²) in [4.78, 5) is 16.9. The molecule has 0 saturated heterocycles. The number of amides is 1. The van der Waals surface area contributed by atoms with Crippen molar-refractivity contribution in [3.05, 3.63) is 30.5 Å². The lowest BCUT2D eigenvalue weighted by atomic mass is 10.0. The number of nitrogens with zero attached hydrogens (tertiary/aromatic N) is 1. The molecule has 118 valence electrons. The van der Waals surface area contributed by atoms with Crippen LogP contribution in [0.4, 0.5) is 5.69 Å². The molecule has 5 heteroatoms. The SMILES string of the molecule is CCO[C@](C)(CC)C(=O)Nc1ccc(OC)c2ncccc12. The summed E-state index contributed by atoms with van der Waals surface area (Å²) in [6, 6.07) is 7.36. The maximum absolute atomic E-state index is 12.6. The molecule has 2 aromatic rings. The molecule has 2 rings (SSSR count). The summed E-state index contributed by atoms with van der Waals surface area (Å²) in [7, 11) is 1.60. The second kappa shape index (κ2) is 6.75. The van der Waals surface area contributed by atoms with E-state index in [-0.39, 0.29) is 5.91 Å². The first-order chi connectivity index (χ1) is 10.6. The van der Waals surface area contributed by atoms with Crippen LogP contribution in [0.2, 0.25) is 0 Å². The third-order valence-corrected chi connectivity index (χ3v) is 3.82. The quantitative estimate of drug-likeness (QED) is 0.888. The Balaban J connectivity index is 2.38. The van der Waals surface area contributed by atoms with Crippen molar-refractivity contribution in [1.29, 1.82) is 0 Å². The van der Waals surface area contributed by atoms with Crippen molar-refractivity contribution in [2.75, 3.05) is 19.0 Å². The fourth-order valence-electron chi connectivity index (χ4n) is 2.32. The Morgan fingerprint density at radius 2 is 2.09 bits per heavy atom. The number of aromatic nitrogens is 1. The predicted molar refractivity (Wildman–Crippen MR) is 87.2 cm³/mol. The Morgan fingerprint density at radius 1 is 1.32 bits per heavy atom. The topological polar surface area (TPSA) is 60.5 Å². The maximum atomic E-state index is 12.6. The molecule has 1 aromatic carbocycles. The van der Waals surface area contributed by atoms with Gasteiger partial charge in [0.15, 0.2) is 0 Å². The van der Waals surface area contributed by atoms with Gasteiger partial charge in [0.05, 0.1) is 12.8 Å². The lowest BCUT2D eigenvalue weighted by Crippen LogP contribution is -2.42. The highest BCUT2D eigenvalue weighted by molar-refractivity contribution is 6.05. The van der Waals surface area contributed by atoms with Gasteiger partial charge >= 0.3 is 0 Å². The highest BCUT2D eigenvalue weighted by atomic mass is 16.5. The molecule has 0 spiro atoms. The minimum absolute atomic E-state index is 0.160. The number of fused-ring (bicyclic) bond motifs is 1. The van der Waals surface area contributed by atoms with E-state index < -0.39 is 5.60 Å². The van der Waals surface area contributed by atoms with Crippen LogP contribution in [0.25, 0.3) is 10.9 Å². The molecule has 0 aliphatic heterocycles. The van der Waals surface area contributed by atoms with Gasteiger partial charge in [-0.05, 0) is 44.5 Å². The van der Waals surface area contributed by atoms with Gasteiger partial charge in [0.2, 0.25) is 0 Å². The Bertz CT molecular complexity index is 672. The Labute approximate surface area is 130 Å². The summed E-state index contributed by atoms with van der Waals surface area (Å²) in [5, 5.41) is 3.79. The van der Waals surface area contributed by atoms with Gasteiger partial charge in [-0.15, -0.1) is 0 Å². The average molecular weight is 302 g/mol. The molecule has 1 amide bonds. The first-order valence-electron chi connectivity index (χ1n) is 7.42. The molecule has 0 aliphatic rings. The second-order valence-electron chi connectivity index (χ2n) is 5.19. The normalized spacial score (nSPS) is 13.6. The number of rotatable bonds is 6. The Hall–Kier alpha value is -2.14. The fourth-order valence-corrected chi connectivity index (χ4v) is 2.32. The number of pyridine rings is 1. The zero-order valence-electron chi connectivity index (χ0n) is 13.5. The van der Waals surface area contributed by atoms with Crippen LogP contribution >= 0.6 is 0 Å².